The first-order valence-electron chi connectivity index (χ1n) is 8.27. The minimum Gasteiger partial charge on any atom is -0.439 e. The summed E-state index contributed by atoms with van der Waals surface area (Å²) in [6.45, 7) is 1.99. The van der Waals surface area contributed by atoms with Gasteiger partial charge in [0.25, 0.3) is 0 Å². The summed E-state index contributed by atoms with van der Waals surface area (Å²) in [7, 11) is 0. The molecule has 0 saturated carbocycles. The smallest absolute Gasteiger partial charge is 0.220 e. The second-order valence-corrected chi connectivity index (χ2v) is 7.09. The van der Waals surface area contributed by atoms with E-state index in [0.29, 0.717) is 17.3 Å². The third-order valence-electron chi connectivity index (χ3n) is 3.51. The Bertz CT molecular complexity index is 973. The van der Waals surface area contributed by atoms with Crippen LogP contribution in [0, 0.1) is 12.7 Å². The summed E-state index contributed by atoms with van der Waals surface area (Å²) in [5.74, 6) is 0.579. The molecule has 136 valence electrons. The summed E-state index contributed by atoms with van der Waals surface area (Å²) in [5.41, 5.74) is 1.60. The van der Waals surface area contributed by atoms with E-state index < -0.39 is 5.82 Å². The standard InChI is InChI=1S/C22H17ClFNOS/c1-16-6-5-7-18(14-16)26-22(12-13-27-19-8-3-2-4-9-19)25-17-10-11-21(24)20(23)15-17/h2-15H,1H3. The highest BCUT2D eigenvalue weighted by atomic mass is 35.5. The number of aryl methyl sites for hydroxylation is 1. The van der Waals surface area contributed by atoms with Gasteiger partial charge in [-0.15, -0.1) is 0 Å². The first-order chi connectivity index (χ1) is 13.1. The lowest BCUT2D eigenvalue weighted by molar-refractivity contribution is 0.555. The molecule has 0 aliphatic heterocycles. The van der Waals surface area contributed by atoms with Crippen LogP contribution in [0.25, 0.3) is 0 Å². The molecule has 0 aliphatic carbocycles. The molecule has 3 rings (SSSR count). The molecule has 0 spiro atoms. The molecule has 5 heteroatoms. The van der Waals surface area contributed by atoms with Gasteiger partial charge in [0.05, 0.1) is 10.7 Å². The van der Waals surface area contributed by atoms with Crippen molar-refractivity contribution in [3.63, 3.8) is 0 Å². The lowest BCUT2D eigenvalue weighted by Gasteiger charge is -2.07. The minimum absolute atomic E-state index is 0.0220. The molecule has 0 radical (unpaired) electrons. The zero-order valence-corrected chi connectivity index (χ0v) is 16.2. The van der Waals surface area contributed by atoms with Crippen LogP contribution in [0.5, 0.6) is 5.75 Å². The van der Waals surface area contributed by atoms with Crippen LogP contribution >= 0.6 is 23.4 Å². The molecular formula is C22H17ClFNOS. The van der Waals surface area contributed by atoms with Crippen molar-refractivity contribution in [1.29, 1.82) is 0 Å². The third kappa shape index (κ3) is 5.98. The van der Waals surface area contributed by atoms with E-state index >= 15 is 0 Å². The molecule has 2 nitrogen and oxygen atoms in total. The molecule has 0 N–H and O–H groups in total. The lowest BCUT2D eigenvalue weighted by atomic mass is 10.2. The Hall–Kier alpha value is -2.56. The Kier molecular flexibility index (Phi) is 6.69. The van der Waals surface area contributed by atoms with E-state index in [1.54, 1.807) is 23.9 Å². The minimum atomic E-state index is -0.480. The normalized spacial score (nSPS) is 11.7. The second-order valence-electron chi connectivity index (χ2n) is 5.70. The van der Waals surface area contributed by atoms with Gasteiger partial charge >= 0.3 is 0 Å². The van der Waals surface area contributed by atoms with Crippen LogP contribution in [0.2, 0.25) is 5.02 Å². The van der Waals surface area contributed by atoms with Crippen molar-refractivity contribution in [3.8, 4) is 5.75 Å². The van der Waals surface area contributed by atoms with E-state index in [2.05, 4.69) is 4.99 Å². The molecule has 0 bridgehead atoms. The molecule has 0 amide bonds. The van der Waals surface area contributed by atoms with Crippen molar-refractivity contribution in [2.45, 2.75) is 11.8 Å². The highest BCUT2D eigenvalue weighted by Gasteiger charge is 2.04. The Balaban J connectivity index is 1.85. The number of nitrogens with zero attached hydrogens (tertiary/aromatic N) is 1. The van der Waals surface area contributed by atoms with Gasteiger partial charge in [0.15, 0.2) is 0 Å². The largest absolute Gasteiger partial charge is 0.439 e. The molecule has 3 aromatic rings. The van der Waals surface area contributed by atoms with Gasteiger partial charge in [0.2, 0.25) is 5.90 Å². The predicted molar refractivity (Wildman–Crippen MR) is 112 cm³/mol. The molecule has 3 aromatic carbocycles. The van der Waals surface area contributed by atoms with Crippen LogP contribution < -0.4 is 4.74 Å². The van der Waals surface area contributed by atoms with Crippen LogP contribution in [-0.2, 0) is 0 Å². The van der Waals surface area contributed by atoms with Crippen LogP contribution in [0.3, 0.4) is 0 Å². The Morgan fingerprint density at radius 3 is 2.59 bits per heavy atom. The predicted octanol–water partition coefficient (Wildman–Crippen LogP) is 7.20. The van der Waals surface area contributed by atoms with Gasteiger partial charge in [0.1, 0.15) is 11.6 Å². The molecule has 0 heterocycles. The van der Waals surface area contributed by atoms with E-state index in [-0.39, 0.29) is 5.02 Å². The van der Waals surface area contributed by atoms with E-state index in [0.717, 1.165) is 10.5 Å². The van der Waals surface area contributed by atoms with E-state index in [4.69, 9.17) is 16.3 Å². The maximum absolute atomic E-state index is 13.4. The van der Waals surface area contributed by atoms with Crippen molar-refractivity contribution >= 4 is 34.9 Å². The number of hydrogen-bond donors (Lipinski definition) is 0. The number of aliphatic imine (C=N–C) groups is 1. The van der Waals surface area contributed by atoms with Crippen molar-refractivity contribution in [1.82, 2.24) is 0 Å². The second kappa shape index (κ2) is 9.40. The molecule has 0 aliphatic rings. The molecule has 0 aromatic heterocycles. The van der Waals surface area contributed by atoms with Gasteiger partial charge in [-0.3, -0.25) is 0 Å². The number of hydrogen-bond acceptors (Lipinski definition) is 3. The van der Waals surface area contributed by atoms with E-state index in [1.807, 2.05) is 66.9 Å². The van der Waals surface area contributed by atoms with Gasteiger partial charge in [-0.1, -0.05) is 53.7 Å². The Morgan fingerprint density at radius 2 is 1.85 bits per heavy atom. The summed E-state index contributed by atoms with van der Waals surface area (Å²) >= 11 is 7.41. The number of thioether (sulfide) groups is 1. The Morgan fingerprint density at radius 1 is 1.04 bits per heavy atom. The fourth-order valence-electron chi connectivity index (χ4n) is 2.25. The molecule has 0 fully saturated rings. The molecule has 0 unspecified atom stereocenters. The summed E-state index contributed by atoms with van der Waals surface area (Å²) in [4.78, 5) is 5.56. The topological polar surface area (TPSA) is 21.6 Å². The maximum atomic E-state index is 13.4. The quantitative estimate of drug-likeness (QED) is 0.258. The van der Waals surface area contributed by atoms with Crippen molar-refractivity contribution in [3.05, 3.63) is 101 Å². The van der Waals surface area contributed by atoms with Crippen LogP contribution in [0.1, 0.15) is 5.56 Å². The zero-order valence-electron chi connectivity index (χ0n) is 14.6. The van der Waals surface area contributed by atoms with Crippen molar-refractivity contribution < 1.29 is 9.13 Å². The molecular weight excluding hydrogens is 381 g/mol. The molecule has 0 atom stereocenters. The number of benzene rings is 3. The van der Waals surface area contributed by atoms with Gasteiger partial charge in [-0.25, -0.2) is 9.38 Å². The third-order valence-corrected chi connectivity index (χ3v) is 4.62. The molecule has 0 saturated heterocycles. The van der Waals surface area contributed by atoms with Crippen LogP contribution in [0.4, 0.5) is 10.1 Å². The fraction of sp³-hybridized carbons (Fsp3) is 0.0455. The summed E-state index contributed by atoms with van der Waals surface area (Å²) < 4.78 is 19.3. The monoisotopic (exact) mass is 397 g/mol. The number of rotatable bonds is 5. The van der Waals surface area contributed by atoms with Crippen molar-refractivity contribution in [2.24, 2.45) is 4.99 Å². The molecule has 27 heavy (non-hydrogen) atoms. The van der Waals surface area contributed by atoms with Crippen LogP contribution in [0.15, 0.2) is 94.2 Å². The van der Waals surface area contributed by atoms with Gasteiger partial charge < -0.3 is 4.74 Å². The zero-order chi connectivity index (χ0) is 19.1. The summed E-state index contributed by atoms with van der Waals surface area (Å²) in [5, 5.41) is 1.92. The first kappa shape index (κ1) is 19.2. The Labute approximate surface area is 167 Å². The SMILES string of the molecule is Cc1cccc(OC(C=CSc2ccccc2)=Nc2ccc(F)c(Cl)c2)c1. The van der Waals surface area contributed by atoms with E-state index in [1.165, 1.54) is 12.1 Å². The van der Waals surface area contributed by atoms with Gasteiger partial charge in [-0.2, -0.15) is 0 Å². The first-order valence-corrected chi connectivity index (χ1v) is 9.52. The number of ether oxygens (including phenoxy) is 1. The van der Waals surface area contributed by atoms with E-state index in [9.17, 15) is 4.39 Å². The highest BCUT2D eigenvalue weighted by Crippen LogP contribution is 2.23. The average Bonchev–Trinajstić information content (AvgIpc) is 2.65. The van der Waals surface area contributed by atoms with Gasteiger partial charge in [0, 0.05) is 11.0 Å². The lowest BCUT2D eigenvalue weighted by Crippen LogP contribution is -2.04. The van der Waals surface area contributed by atoms with Gasteiger partial charge in [-0.05, 0) is 60.4 Å². The average molecular weight is 398 g/mol. The highest BCUT2D eigenvalue weighted by molar-refractivity contribution is 8.02. The summed E-state index contributed by atoms with van der Waals surface area (Å²) in [6, 6.07) is 22.0. The van der Waals surface area contributed by atoms with Crippen LogP contribution in [-0.4, -0.2) is 5.90 Å². The van der Waals surface area contributed by atoms with Crippen molar-refractivity contribution in [2.75, 3.05) is 0 Å². The summed E-state index contributed by atoms with van der Waals surface area (Å²) in [6.07, 6.45) is 1.78. The number of halogens is 2. The fourth-order valence-corrected chi connectivity index (χ4v) is 3.08. The maximum Gasteiger partial charge on any atom is 0.220 e.